The lowest BCUT2D eigenvalue weighted by molar-refractivity contribution is -0.432. The highest BCUT2D eigenvalue weighted by Crippen LogP contribution is 2.47. The van der Waals surface area contributed by atoms with Gasteiger partial charge in [-0.05, 0) is 73.1 Å². The molecule has 24 nitrogen and oxygen atoms in total. The van der Waals surface area contributed by atoms with Gasteiger partial charge < -0.3 is 20.5 Å². The molecule has 0 amide bonds. The third-order valence-corrected chi connectivity index (χ3v) is 12.1. The van der Waals surface area contributed by atoms with Crippen LogP contribution in [0.3, 0.4) is 0 Å². The summed E-state index contributed by atoms with van der Waals surface area (Å²) in [6.45, 7) is 0.955. The van der Waals surface area contributed by atoms with Crippen molar-refractivity contribution in [3.05, 3.63) is 65.9 Å². The molecule has 0 spiro atoms. The van der Waals surface area contributed by atoms with Crippen LogP contribution in [-0.2, 0) is 54.0 Å². The monoisotopic (exact) mass is 939 g/mol. The maximum Gasteiger partial charge on any atom is 0.397 e. The van der Waals surface area contributed by atoms with Crippen molar-refractivity contribution < 1.29 is 76.0 Å². The molecule has 0 aliphatic heterocycles. The second-order valence-electron chi connectivity index (χ2n) is 11.1. The fraction of sp³-hybridized carbons (Fsp3) is 0.138. The fourth-order valence-electron chi connectivity index (χ4n) is 4.95. The number of aromatic nitrogens is 3. The lowest BCUT2D eigenvalue weighted by atomic mass is 10.1. The molecule has 0 saturated heterocycles. The van der Waals surface area contributed by atoms with Crippen LogP contribution >= 0.6 is 23.6 Å². The molecule has 7 N–H and O–H groups in total. The Morgan fingerprint density at radius 2 is 1.49 bits per heavy atom. The number of hydrogen-bond donors (Lipinski definition) is 7. The van der Waals surface area contributed by atoms with E-state index in [-0.39, 0.29) is 51.2 Å². The zero-order valence-corrected chi connectivity index (χ0v) is 34.0. The van der Waals surface area contributed by atoms with Crippen LogP contribution in [0, 0.1) is 0 Å². The van der Waals surface area contributed by atoms with Gasteiger partial charge in [-0.2, -0.15) is 40.2 Å². The van der Waals surface area contributed by atoms with E-state index in [2.05, 4.69) is 49.4 Å². The lowest BCUT2D eigenvalue weighted by Crippen LogP contribution is -2.15. The van der Waals surface area contributed by atoms with E-state index >= 15 is 0 Å². The molecule has 0 bridgehead atoms. The number of benzene rings is 4. The van der Waals surface area contributed by atoms with Crippen molar-refractivity contribution in [3.8, 4) is 11.5 Å². The Morgan fingerprint density at radius 3 is 2.10 bits per heavy atom. The molecule has 316 valence electrons. The number of phenols is 1. The quantitative estimate of drug-likeness (QED) is 0.0195. The van der Waals surface area contributed by atoms with Gasteiger partial charge in [-0.25, -0.2) is 17.9 Å². The fourth-order valence-corrected chi connectivity index (χ4v) is 8.57. The first kappa shape index (κ1) is 45.2. The number of aromatic hydroxyl groups is 1. The highest BCUT2D eigenvalue weighted by atomic mass is 35.5. The Bertz CT molecular complexity index is 2890. The van der Waals surface area contributed by atoms with Crippen LogP contribution in [0.2, 0.25) is 5.28 Å². The number of ether oxygens (including phenoxy) is 1. The molecule has 30 heteroatoms. The third kappa shape index (κ3) is 11.7. The largest absolute Gasteiger partial charge is 0.505 e. The maximum atomic E-state index is 12.9. The van der Waals surface area contributed by atoms with Gasteiger partial charge in [-0.3, -0.25) is 13.7 Å². The first-order chi connectivity index (χ1) is 27.6. The average molecular weight is 940 g/mol. The second-order valence-corrected chi connectivity index (χ2v) is 18.2. The number of phenolic OH excluding ortho intramolecular Hbond substituents is 1. The van der Waals surface area contributed by atoms with Crippen molar-refractivity contribution in [3.63, 3.8) is 0 Å². The van der Waals surface area contributed by atoms with Gasteiger partial charge in [0, 0.05) is 22.5 Å². The van der Waals surface area contributed by atoms with Crippen LogP contribution in [0.1, 0.15) is 6.92 Å². The van der Waals surface area contributed by atoms with Gasteiger partial charge in [0.15, 0.2) is 15.6 Å². The van der Waals surface area contributed by atoms with Gasteiger partial charge in [-0.15, -0.1) is 14.6 Å². The first-order valence-electron chi connectivity index (χ1n) is 15.6. The van der Waals surface area contributed by atoms with Crippen LogP contribution in [0.5, 0.6) is 11.5 Å². The van der Waals surface area contributed by atoms with Crippen molar-refractivity contribution in [1.29, 1.82) is 0 Å². The normalized spacial score (nSPS) is 12.6. The number of sulfone groups is 1. The molecule has 0 unspecified atom stereocenters. The van der Waals surface area contributed by atoms with E-state index in [0.29, 0.717) is 0 Å². The van der Waals surface area contributed by atoms with Crippen LogP contribution in [0.25, 0.3) is 10.8 Å². The average Bonchev–Trinajstić information content (AvgIpc) is 3.12. The summed E-state index contributed by atoms with van der Waals surface area (Å²) in [5.41, 5.74) is -1.10. The van der Waals surface area contributed by atoms with Crippen molar-refractivity contribution >= 4 is 110 Å². The minimum Gasteiger partial charge on any atom is -0.505 e. The molecule has 0 aliphatic rings. The van der Waals surface area contributed by atoms with Crippen LogP contribution in [0.15, 0.2) is 90.5 Å². The van der Waals surface area contributed by atoms with Gasteiger partial charge in [0.05, 0.1) is 46.5 Å². The summed E-state index contributed by atoms with van der Waals surface area (Å²) in [5, 5.41) is 35.7. The van der Waals surface area contributed by atoms with Crippen LogP contribution in [-0.4, -0.2) is 91.6 Å². The molecule has 5 aromatic rings. The van der Waals surface area contributed by atoms with Crippen molar-refractivity contribution in [2.45, 2.75) is 26.5 Å². The molecule has 5 rings (SSSR count). The molecule has 1 heterocycles. The van der Waals surface area contributed by atoms with Gasteiger partial charge >= 0.3 is 10.4 Å². The number of azo groups is 1. The smallest absolute Gasteiger partial charge is 0.397 e. The number of halogens is 1. The van der Waals surface area contributed by atoms with Gasteiger partial charge in [-0.1, -0.05) is 5.04 Å². The summed E-state index contributed by atoms with van der Waals surface area (Å²) in [6, 6.07) is 11.6. The highest BCUT2D eigenvalue weighted by Gasteiger charge is 2.26. The van der Waals surface area contributed by atoms with Crippen molar-refractivity contribution in [1.82, 2.24) is 15.0 Å². The Kier molecular flexibility index (Phi) is 13.9. The summed E-state index contributed by atoms with van der Waals surface area (Å²) >= 11 is 6.27. The van der Waals surface area contributed by atoms with Gasteiger partial charge in [0.25, 0.3) is 20.2 Å². The Balaban J connectivity index is 1.51. The SMILES string of the molecule is CCOc1ccc(N=Nc2c(SOOO)cc3c(S(=O)(=O)O)c(Nc4nc(Cl)nc(Nc5ccc(S(=O)(=O)CCOS(=O)(=O)O)cc5)n4)ccc3c2O)c(S(=O)(=O)O)c1. The highest BCUT2D eigenvalue weighted by molar-refractivity contribution is 7.94. The first-order valence-corrected chi connectivity index (χ1v) is 22.6. The van der Waals surface area contributed by atoms with E-state index in [1.54, 1.807) is 6.92 Å². The Morgan fingerprint density at radius 1 is 0.814 bits per heavy atom. The zero-order valence-electron chi connectivity index (χ0n) is 29.2. The molecule has 0 radical (unpaired) electrons. The van der Waals surface area contributed by atoms with Crippen molar-refractivity contribution in [2.75, 3.05) is 29.6 Å². The molecule has 0 atom stereocenters. The van der Waals surface area contributed by atoms with Gasteiger partial charge in [0.1, 0.15) is 26.9 Å². The van der Waals surface area contributed by atoms with Gasteiger partial charge in [0.2, 0.25) is 17.2 Å². The van der Waals surface area contributed by atoms with Crippen LogP contribution < -0.4 is 15.4 Å². The number of nitrogens with one attached hydrogen (secondary N) is 2. The summed E-state index contributed by atoms with van der Waals surface area (Å²) in [7, 11) is -19.0. The summed E-state index contributed by atoms with van der Waals surface area (Å²) in [5.74, 6) is -2.16. The molecule has 0 saturated carbocycles. The Hall–Kier alpha value is -4.89. The molecular weight excluding hydrogens is 914 g/mol. The van der Waals surface area contributed by atoms with Crippen LogP contribution in [0.4, 0.5) is 34.6 Å². The summed E-state index contributed by atoms with van der Waals surface area (Å²) < 4.78 is 139. The Labute approximate surface area is 342 Å². The molecule has 1 aromatic heterocycles. The number of nitrogens with zero attached hydrogens (tertiary/aromatic N) is 5. The van der Waals surface area contributed by atoms with E-state index in [4.69, 9.17) is 26.1 Å². The summed E-state index contributed by atoms with van der Waals surface area (Å²) in [6.07, 6.45) is 0. The predicted octanol–water partition coefficient (Wildman–Crippen LogP) is 5.20. The third-order valence-electron chi connectivity index (χ3n) is 7.28. The minimum absolute atomic E-state index is 0.0693. The molecule has 0 fully saturated rings. The number of hydrogen-bond acceptors (Lipinski definition) is 22. The van der Waals surface area contributed by atoms with E-state index in [0.717, 1.165) is 36.4 Å². The molecular formula is C29H26ClN7O17S5. The maximum absolute atomic E-state index is 12.9. The van der Waals surface area contributed by atoms with Crippen molar-refractivity contribution in [2.24, 2.45) is 10.2 Å². The molecule has 4 aromatic carbocycles. The zero-order chi connectivity index (χ0) is 43.3. The number of anilines is 4. The second kappa shape index (κ2) is 18.2. The predicted molar refractivity (Wildman–Crippen MR) is 205 cm³/mol. The topological polar surface area (TPSA) is 362 Å². The van der Waals surface area contributed by atoms with E-state index < -0.39 is 102 Å². The van der Waals surface area contributed by atoms with E-state index in [1.165, 1.54) is 24.3 Å². The minimum atomic E-state index is -5.22. The molecule has 0 aliphatic carbocycles. The van der Waals surface area contributed by atoms with E-state index in [1.807, 2.05) is 0 Å². The number of rotatable bonds is 18. The lowest BCUT2D eigenvalue weighted by Gasteiger charge is -2.15. The van der Waals surface area contributed by atoms with E-state index in [9.17, 15) is 47.9 Å². The summed E-state index contributed by atoms with van der Waals surface area (Å²) in [4.78, 5) is 9.78. The number of fused-ring (bicyclic) bond motifs is 1. The molecule has 59 heavy (non-hydrogen) atoms. The standard InChI is InChI=1S/C29H26ClN7O17S5/c1-2-51-16-5-9-20(23(13-16)57(42,43)44)36-37-24-22(55-54-53-39)14-19-18(25(24)38)8-10-21(26(19)58(45,46)47)32-29-34-27(30)33-28(35-29)31-15-3-6-17(7-4-15)56(40,41)12-11-52-59(48,49)50/h3-10,13-14,38-39H,2,11-12H2,1H3,(H,42,43,44)(H,45,46,47)(H,48,49,50)(H2,31,32,33,34,35).